The fraction of sp³-hybridized carbons (Fsp3) is 0.333. The Labute approximate surface area is 84.6 Å². The molecule has 1 rings (SSSR count). The SMILES string of the molecule is C=CC(C)N[C@@H](C)c1ccc(F)cc1. The van der Waals surface area contributed by atoms with Crippen LogP contribution in [0.4, 0.5) is 4.39 Å². The molecule has 1 aromatic carbocycles. The van der Waals surface area contributed by atoms with Crippen molar-refractivity contribution in [2.75, 3.05) is 0 Å². The molecular formula is C12H16FN. The molecule has 0 saturated heterocycles. The summed E-state index contributed by atoms with van der Waals surface area (Å²) in [6, 6.07) is 7.02. The van der Waals surface area contributed by atoms with Crippen LogP contribution in [0.25, 0.3) is 0 Å². The summed E-state index contributed by atoms with van der Waals surface area (Å²) in [5.41, 5.74) is 1.08. The maximum absolute atomic E-state index is 12.6. The fourth-order valence-corrected chi connectivity index (χ4v) is 1.31. The summed E-state index contributed by atoms with van der Waals surface area (Å²) in [5, 5.41) is 3.32. The third-order valence-corrected chi connectivity index (χ3v) is 2.24. The van der Waals surface area contributed by atoms with E-state index in [9.17, 15) is 4.39 Å². The molecular weight excluding hydrogens is 177 g/mol. The number of halogens is 1. The van der Waals surface area contributed by atoms with Gasteiger partial charge < -0.3 is 5.32 Å². The molecule has 0 radical (unpaired) electrons. The van der Waals surface area contributed by atoms with E-state index in [1.165, 1.54) is 12.1 Å². The fourth-order valence-electron chi connectivity index (χ4n) is 1.31. The molecule has 1 nitrogen and oxygen atoms in total. The zero-order valence-electron chi connectivity index (χ0n) is 8.63. The Bertz CT molecular complexity index is 292. The van der Waals surface area contributed by atoms with E-state index in [1.807, 2.05) is 19.9 Å². The van der Waals surface area contributed by atoms with E-state index in [-0.39, 0.29) is 17.9 Å². The number of hydrogen-bond donors (Lipinski definition) is 1. The van der Waals surface area contributed by atoms with Gasteiger partial charge in [0.1, 0.15) is 5.82 Å². The van der Waals surface area contributed by atoms with Crippen molar-refractivity contribution in [1.29, 1.82) is 0 Å². The molecule has 2 heteroatoms. The van der Waals surface area contributed by atoms with E-state index >= 15 is 0 Å². The summed E-state index contributed by atoms with van der Waals surface area (Å²) in [5.74, 6) is -0.197. The second-order valence-electron chi connectivity index (χ2n) is 3.46. The highest BCUT2D eigenvalue weighted by molar-refractivity contribution is 5.19. The first-order valence-electron chi connectivity index (χ1n) is 4.77. The van der Waals surface area contributed by atoms with Gasteiger partial charge in [0.25, 0.3) is 0 Å². The molecule has 0 fully saturated rings. The van der Waals surface area contributed by atoms with Gasteiger partial charge in [-0.05, 0) is 31.5 Å². The maximum atomic E-state index is 12.6. The molecule has 2 atom stereocenters. The van der Waals surface area contributed by atoms with Gasteiger partial charge >= 0.3 is 0 Å². The van der Waals surface area contributed by atoms with E-state index in [4.69, 9.17) is 0 Å². The van der Waals surface area contributed by atoms with Crippen LogP contribution in [-0.2, 0) is 0 Å². The van der Waals surface area contributed by atoms with E-state index in [2.05, 4.69) is 11.9 Å². The average molecular weight is 193 g/mol. The van der Waals surface area contributed by atoms with Crippen LogP contribution in [0.1, 0.15) is 25.5 Å². The first-order chi connectivity index (χ1) is 6.63. The minimum Gasteiger partial charge on any atom is -0.304 e. The molecule has 0 saturated carbocycles. The molecule has 76 valence electrons. The zero-order chi connectivity index (χ0) is 10.6. The van der Waals surface area contributed by atoms with Gasteiger partial charge in [0.15, 0.2) is 0 Å². The van der Waals surface area contributed by atoms with Crippen LogP contribution in [0.3, 0.4) is 0 Å². The standard InChI is InChI=1S/C12H16FN/c1-4-9(2)14-10(3)11-5-7-12(13)8-6-11/h4-10,14H,1H2,2-3H3/t9?,10-/m0/s1. The minimum atomic E-state index is -0.197. The number of benzene rings is 1. The maximum Gasteiger partial charge on any atom is 0.123 e. The van der Waals surface area contributed by atoms with Crippen molar-refractivity contribution in [1.82, 2.24) is 5.32 Å². The van der Waals surface area contributed by atoms with Gasteiger partial charge in [-0.15, -0.1) is 6.58 Å². The molecule has 1 aromatic rings. The quantitative estimate of drug-likeness (QED) is 0.725. The summed E-state index contributed by atoms with van der Waals surface area (Å²) >= 11 is 0. The van der Waals surface area contributed by atoms with Gasteiger partial charge in [-0.2, -0.15) is 0 Å². The van der Waals surface area contributed by atoms with Crippen molar-refractivity contribution >= 4 is 0 Å². The summed E-state index contributed by atoms with van der Waals surface area (Å²) in [7, 11) is 0. The summed E-state index contributed by atoms with van der Waals surface area (Å²) < 4.78 is 12.6. The van der Waals surface area contributed by atoms with Gasteiger partial charge in [-0.25, -0.2) is 4.39 Å². The minimum absolute atomic E-state index is 0.197. The van der Waals surface area contributed by atoms with Crippen LogP contribution < -0.4 is 5.32 Å². The molecule has 0 bridgehead atoms. The molecule has 0 spiro atoms. The Balaban J connectivity index is 2.64. The van der Waals surface area contributed by atoms with Crippen LogP contribution in [-0.4, -0.2) is 6.04 Å². The predicted molar refractivity (Wildman–Crippen MR) is 57.6 cm³/mol. The monoisotopic (exact) mass is 193 g/mol. The summed E-state index contributed by atoms with van der Waals surface area (Å²) in [4.78, 5) is 0. The highest BCUT2D eigenvalue weighted by atomic mass is 19.1. The normalized spacial score (nSPS) is 14.8. The van der Waals surface area contributed by atoms with Crippen LogP contribution in [0.15, 0.2) is 36.9 Å². The lowest BCUT2D eigenvalue weighted by molar-refractivity contribution is 0.535. The van der Waals surface area contributed by atoms with Crippen LogP contribution in [0, 0.1) is 5.82 Å². The molecule has 0 aromatic heterocycles. The highest BCUT2D eigenvalue weighted by Gasteiger charge is 2.06. The molecule has 1 unspecified atom stereocenters. The Morgan fingerprint density at radius 3 is 2.36 bits per heavy atom. The van der Waals surface area contributed by atoms with Gasteiger partial charge in [0.2, 0.25) is 0 Å². The van der Waals surface area contributed by atoms with Crippen molar-refractivity contribution in [2.45, 2.75) is 25.9 Å². The van der Waals surface area contributed by atoms with Gasteiger partial charge in [0.05, 0.1) is 0 Å². The Hall–Kier alpha value is -1.15. The molecule has 0 aliphatic rings. The van der Waals surface area contributed by atoms with Crippen molar-refractivity contribution in [3.63, 3.8) is 0 Å². The molecule has 0 heterocycles. The number of hydrogen-bond acceptors (Lipinski definition) is 1. The molecule has 0 aliphatic heterocycles. The third kappa shape index (κ3) is 2.96. The summed E-state index contributed by atoms with van der Waals surface area (Å²) in [6.07, 6.45) is 1.85. The van der Waals surface area contributed by atoms with Gasteiger partial charge in [0, 0.05) is 12.1 Å². The van der Waals surface area contributed by atoms with Crippen molar-refractivity contribution in [3.05, 3.63) is 48.3 Å². The second kappa shape index (κ2) is 4.91. The van der Waals surface area contributed by atoms with E-state index in [0.29, 0.717) is 0 Å². The Morgan fingerprint density at radius 1 is 1.29 bits per heavy atom. The summed E-state index contributed by atoms with van der Waals surface area (Å²) in [6.45, 7) is 7.78. The first kappa shape index (κ1) is 10.9. The molecule has 0 amide bonds. The lowest BCUT2D eigenvalue weighted by atomic mass is 10.1. The Kier molecular flexibility index (Phi) is 3.84. The molecule has 0 aliphatic carbocycles. The van der Waals surface area contributed by atoms with Crippen molar-refractivity contribution < 1.29 is 4.39 Å². The first-order valence-corrected chi connectivity index (χ1v) is 4.77. The average Bonchev–Trinajstić information content (AvgIpc) is 2.18. The van der Waals surface area contributed by atoms with E-state index in [0.717, 1.165) is 5.56 Å². The van der Waals surface area contributed by atoms with E-state index < -0.39 is 0 Å². The van der Waals surface area contributed by atoms with Gasteiger partial charge in [-0.3, -0.25) is 0 Å². The molecule has 14 heavy (non-hydrogen) atoms. The predicted octanol–water partition coefficient (Wildman–Crippen LogP) is 3.05. The van der Waals surface area contributed by atoms with E-state index in [1.54, 1.807) is 12.1 Å². The Morgan fingerprint density at radius 2 is 1.86 bits per heavy atom. The molecule has 1 N–H and O–H groups in total. The van der Waals surface area contributed by atoms with Crippen molar-refractivity contribution in [2.24, 2.45) is 0 Å². The lowest BCUT2D eigenvalue weighted by Gasteiger charge is -2.17. The number of nitrogens with one attached hydrogen (secondary N) is 1. The van der Waals surface area contributed by atoms with Crippen LogP contribution >= 0.6 is 0 Å². The van der Waals surface area contributed by atoms with Gasteiger partial charge in [-0.1, -0.05) is 18.2 Å². The topological polar surface area (TPSA) is 12.0 Å². The van der Waals surface area contributed by atoms with Crippen LogP contribution in [0.5, 0.6) is 0 Å². The highest BCUT2D eigenvalue weighted by Crippen LogP contribution is 2.13. The second-order valence-corrected chi connectivity index (χ2v) is 3.46. The zero-order valence-corrected chi connectivity index (χ0v) is 8.63. The lowest BCUT2D eigenvalue weighted by Crippen LogP contribution is -2.26. The smallest absolute Gasteiger partial charge is 0.123 e. The number of rotatable bonds is 4. The van der Waals surface area contributed by atoms with Crippen molar-refractivity contribution in [3.8, 4) is 0 Å². The third-order valence-electron chi connectivity index (χ3n) is 2.24. The largest absolute Gasteiger partial charge is 0.304 e. The van der Waals surface area contributed by atoms with Crippen LogP contribution in [0.2, 0.25) is 0 Å².